The first-order valence-corrected chi connectivity index (χ1v) is 10.9. The van der Waals surface area contributed by atoms with E-state index in [1.807, 2.05) is 52.0 Å². The van der Waals surface area contributed by atoms with Crippen LogP contribution in [0.4, 0.5) is 10.6 Å². The van der Waals surface area contributed by atoms with Crippen molar-refractivity contribution in [2.75, 3.05) is 18.4 Å². The van der Waals surface area contributed by atoms with E-state index in [2.05, 4.69) is 20.3 Å². The molecule has 1 aliphatic rings. The van der Waals surface area contributed by atoms with E-state index in [0.717, 1.165) is 18.4 Å². The molecule has 0 radical (unpaired) electrons. The first-order valence-electron chi connectivity index (χ1n) is 10.9. The highest BCUT2D eigenvalue weighted by atomic mass is 16.6. The Kier molecular flexibility index (Phi) is 5.86. The van der Waals surface area contributed by atoms with E-state index in [9.17, 15) is 9.59 Å². The maximum absolute atomic E-state index is 13.3. The number of benzene rings is 1. The van der Waals surface area contributed by atoms with Gasteiger partial charge in [0.05, 0.1) is 10.9 Å². The van der Waals surface area contributed by atoms with Crippen molar-refractivity contribution in [1.82, 2.24) is 19.9 Å². The Morgan fingerprint density at radius 3 is 2.53 bits per heavy atom. The first-order chi connectivity index (χ1) is 15.2. The molecule has 0 atom stereocenters. The van der Waals surface area contributed by atoms with Gasteiger partial charge in [0.25, 0.3) is 0 Å². The van der Waals surface area contributed by atoms with Crippen LogP contribution >= 0.6 is 0 Å². The molecule has 8 heteroatoms. The van der Waals surface area contributed by atoms with Crippen LogP contribution in [0.3, 0.4) is 0 Å². The van der Waals surface area contributed by atoms with Gasteiger partial charge in [-0.3, -0.25) is 4.79 Å². The summed E-state index contributed by atoms with van der Waals surface area (Å²) >= 11 is 0. The number of nitrogens with zero attached hydrogens (tertiary/aromatic N) is 3. The van der Waals surface area contributed by atoms with Crippen LogP contribution in [0.1, 0.15) is 55.1 Å². The van der Waals surface area contributed by atoms with Gasteiger partial charge in [-0.1, -0.05) is 24.3 Å². The molecule has 2 N–H and O–H groups in total. The summed E-state index contributed by atoms with van der Waals surface area (Å²) in [5.74, 6) is 0.566. The maximum atomic E-state index is 13.3. The van der Waals surface area contributed by atoms with E-state index < -0.39 is 5.60 Å². The first kappa shape index (κ1) is 21.8. The fourth-order valence-corrected chi connectivity index (χ4v) is 3.95. The van der Waals surface area contributed by atoms with Gasteiger partial charge in [0.1, 0.15) is 23.4 Å². The van der Waals surface area contributed by atoms with Gasteiger partial charge in [-0.2, -0.15) is 0 Å². The monoisotopic (exact) mass is 435 g/mol. The van der Waals surface area contributed by atoms with Crippen molar-refractivity contribution < 1.29 is 14.3 Å². The summed E-state index contributed by atoms with van der Waals surface area (Å²) in [5.41, 5.74) is 2.24. The number of hydrogen-bond donors (Lipinski definition) is 2. The number of rotatable bonds is 4. The molecule has 1 saturated heterocycles. The molecule has 0 saturated carbocycles. The number of ketones is 1. The predicted molar refractivity (Wildman–Crippen MR) is 123 cm³/mol. The zero-order valence-electron chi connectivity index (χ0n) is 18.9. The Hall–Kier alpha value is -3.42. The second-order valence-corrected chi connectivity index (χ2v) is 9.18. The topological polar surface area (TPSA) is 100 Å². The minimum absolute atomic E-state index is 0.0630. The molecule has 1 aliphatic heterocycles. The van der Waals surface area contributed by atoms with Crippen LogP contribution in [-0.4, -0.2) is 56.5 Å². The Labute approximate surface area is 187 Å². The molecule has 3 heterocycles. The van der Waals surface area contributed by atoms with Crippen LogP contribution in [0.2, 0.25) is 0 Å². The second kappa shape index (κ2) is 8.61. The molecular weight excluding hydrogens is 406 g/mol. The number of carbonyl (C=O) groups is 2. The Balaban J connectivity index is 1.51. The van der Waals surface area contributed by atoms with Crippen molar-refractivity contribution >= 4 is 28.7 Å². The standard InChI is InChI=1S/C24H29N5O3/c1-15-7-5-6-8-17(15)20(30)18-13-25-21-19(18)22(27-14-26-21)28-16-9-11-29(12-10-16)23(31)32-24(2,3)4/h5-8,13-14,16H,9-12H2,1-4H3,(H2,25,26,27,28). The van der Waals surface area contributed by atoms with E-state index in [1.54, 1.807) is 11.1 Å². The van der Waals surface area contributed by atoms with E-state index in [-0.39, 0.29) is 17.9 Å². The molecule has 0 spiro atoms. The molecular formula is C24H29N5O3. The summed E-state index contributed by atoms with van der Waals surface area (Å²) in [4.78, 5) is 39.1. The van der Waals surface area contributed by atoms with Crippen molar-refractivity contribution in [1.29, 1.82) is 0 Å². The molecule has 32 heavy (non-hydrogen) atoms. The lowest BCUT2D eigenvalue weighted by Gasteiger charge is -2.34. The number of fused-ring (bicyclic) bond motifs is 1. The predicted octanol–water partition coefficient (Wildman–Crippen LogP) is 4.31. The third kappa shape index (κ3) is 4.59. The minimum atomic E-state index is -0.507. The maximum Gasteiger partial charge on any atom is 0.410 e. The zero-order valence-corrected chi connectivity index (χ0v) is 18.9. The number of hydrogen-bond acceptors (Lipinski definition) is 6. The highest BCUT2D eigenvalue weighted by Crippen LogP contribution is 2.28. The van der Waals surface area contributed by atoms with Gasteiger partial charge >= 0.3 is 6.09 Å². The van der Waals surface area contributed by atoms with E-state index >= 15 is 0 Å². The number of aromatic nitrogens is 3. The second-order valence-electron chi connectivity index (χ2n) is 9.18. The SMILES string of the molecule is Cc1ccccc1C(=O)c1c[nH]c2ncnc(NC3CCN(C(=O)OC(C)(C)C)CC3)c12. The van der Waals surface area contributed by atoms with Crippen LogP contribution < -0.4 is 5.32 Å². The number of aryl methyl sites for hydroxylation is 1. The van der Waals surface area contributed by atoms with Crippen LogP contribution in [0.25, 0.3) is 11.0 Å². The summed E-state index contributed by atoms with van der Waals surface area (Å²) in [6.07, 6.45) is 4.42. The van der Waals surface area contributed by atoms with Gasteiger partial charge in [-0.25, -0.2) is 14.8 Å². The Morgan fingerprint density at radius 1 is 1.12 bits per heavy atom. The molecule has 1 fully saturated rings. The number of ether oxygens (including phenoxy) is 1. The van der Waals surface area contributed by atoms with Gasteiger partial charge in [0.15, 0.2) is 5.78 Å². The van der Waals surface area contributed by atoms with Crippen LogP contribution in [0.15, 0.2) is 36.8 Å². The van der Waals surface area contributed by atoms with Gasteiger partial charge in [-0.15, -0.1) is 0 Å². The molecule has 0 aliphatic carbocycles. The van der Waals surface area contributed by atoms with Crippen molar-refractivity contribution in [2.45, 2.75) is 52.2 Å². The fourth-order valence-electron chi connectivity index (χ4n) is 3.95. The largest absolute Gasteiger partial charge is 0.444 e. The van der Waals surface area contributed by atoms with Crippen molar-refractivity contribution in [3.63, 3.8) is 0 Å². The Bertz CT molecular complexity index is 1140. The van der Waals surface area contributed by atoms with Crippen molar-refractivity contribution in [3.8, 4) is 0 Å². The molecule has 0 unspecified atom stereocenters. The molecule has 1 aromatic carbocycles. The molecule has 2 aromatic heterocycles. The number of nitrogens with one attached hydrogen (secondary N) is 2. The normalized spacial score (nSPS) is 15.1. The number of carbonyl (C=O) groups excluding carboxylic acids is 2. The summed E-state index contributed by atoms with van der Waals surface area (Å²) in [5, 5.41) is 4.17. The number of aromatic amines is 1. The molecule has 8 nitrogen and oxygen atoms in total. The summed E-state index contributed by atoms with van der Waals surface area (Å²) in [6, 6.07) is 7.67. The van der Waals surface area contributed by atoms with Gasteiger partial charge in [-0.05, 0) is 46.1 Å². The van der Waals surface area contributed by atoms with Crippen molar-refractivity contribution in [2.24, 2.45) is 0 Å². The van der Waals surface area contributed by atoms with Crippen LogP contribution in [0, 0.1) is 6.92 Å². The third-order valence-corrected chi connectivity index (χ3v) is 5.59. The lowest BCUT2D eigenvalue weighted by molar-refractivity contribution is 0.0210. The minimum Gasteiger partial charge on any atom is -0.444 e. The van der Waals surface area contributed by atoms with E-state index in [0.29, 0.717) is 41.1 Å². The molecule has 3 aromatic rings. The van der Waals surface area contributed by atoms with Gasteiger partial charge in [0, 0.05) is 30.9 Å². The smallest absolute Gasteiger partial charge is 0.410 e. The highest BCUT2D eigenvalue weighted by Gasteiger charge is 2.28. The number of amides is 1. The summed E-state index contributed by atoms with van der Waals surface area (Å²) in [7, 11) is 0. The number of likely N-dealkylation sites (tertiary alicyclic amines) is 1. The Morgan fingerprint density at radius 2 is 1.84 bits per heavy atom. The molecule has 168 valence electrons. The third-order valence-electron chi connectivity index (χ3n) is 5.59. The fraction of sp³-hybridized carbons (Fsp3) is 0.417. The molecule has 1 amide bonds. The average molecular weight is 436 g/mol. The lowest BCUT2D eigenvalue weighted by atomic mass is 9.99. The van der Waals surface area contributed by atoms with Crippen molar-refractivity contribution in [3.05, 3.63) is 53.5 Å². The lowest BCUT2D eigenvalue weighted by Crippen LogP contribution is -2.44. The quantitative estimate of drug-likeness (QED) is 0.593. The van der Waals surface area contributed by atoms with Gasteiger partial charge < -0.3 is 19.9 Å². The zero-order chi connectivity index (χ0) is 22.9. The number of H-pyrrole nitrogens is 1. The highest BCUT2D eigenvalue weighted by molar-refractivity contribution is 6.18. The molecule has 4 rings (SSSR count). The van der Waals surface area contributed by atoms with Crippen LogP contribution in [-0.2, 0) is 4.74 Å². The summed E-state index contributed by atoms with van der Waals surface area (Å²) < 4.78 is 5.48. The number of anilines is 1. The van der Waals surface area contributed by atoms with E-state index in [4.69, 9.17) is 4.74 Å². The summed E-state index contributed by atoms with van der Waals surface area (Å²) in [6.45, 7) is 8.73. The average Bonchev–Trinajstić information content (AvgIpc) is 3.18. The van der Waals surface area contributed by atoms with Crippen LogP contribution in [0.5, 0.6) is 0 Å². The van der Waals surface area contributed by atoms with Gasteiger partial charge in [0.2, 0.25) is 0 Å². The molecule has 0 bridgehead atoms. The number of piperidine rings is 1. The van der Waals surface area contributed by atoms with E-state index in [1.165, 1.54) is 6.33 Å².